The van der Waals surface area contributed by atoms with Gasteiger partial charge in [0.2, 0.25) is 0 Å². The molecule has 0 radical (unpaired) electrons. The van der Waals surface area contributed by atoms with Crippen LogP contribution in [0.5, 0.6) is 0 Å². The van der Waals surface area contributed by atoms with Crippen molar-refractivity contribution in [2.75, 3.05) is 6.54 Å². The second kappa shape index (κ2) is 7.04. The minimum absolute atomic E-state index is 0.0404. The van der Waals surface area contributed by atoms with Gasteiger partial charge in [0.25, 0.3) is 5.91 Å². The van der Waals surface area contributed by atoms with Crippen LogP contribution in [0.25, 0.3) is 5.69 Å². The summed E-state index contributed by atoms with van der Waals surface area (Å²) in [6.07, 6.45) is 3.60. The molecule has 1 fully saturated rings. The fourth-order valence-electron chi connectivity index (χ4n) is 4.32. The number of amides is 1. The third-order valence-electron chi connectivity index (χ3n) is 5.96. The molecule has 1 aromatic heterocycles. The minimum atomic E-state index is -0.873. The molecular weight excluding hydrogens is 361 g/mol. The Balaban J connectivity index is 1.72. The first-order valence-electron chi connectivity index (χ1n) is 9.78. The van der Waals surface area contributed by atoms with Crippen molar-refractivity contribution in [1.29, 1.82) is 0 Å². The highest BCUT2D eigenvalue weighted by Crippen LogP contribution is 2.31. The van der Waals surface area contributed by atoms with Crippen molar-refractivity contribution in [1.82, 2.24) is 14.7 Å². The number of aryl methyl sites for hydroxylation is 1. The van der Waals surface area contributed by atoms with Gasteiger partial charge in [0.15, 0.2) is 5.69 Å². The number of carboxylic acid groups (broad SMARTS) is 1. The number of rotatable bonds is 3. The van der Waals surface area contributed by atoms with E-state index in [1.54, 1.807) is 15.6 Å². The average Bonchev–Trinajstić information content (AvgIpc) is 3.24. The van der Waals surface area contributed by atoms with Crippen molar-refractivity contribution in [2.45, 2.75) is 52.0 Å². The van der Waals surface area contributed by atoms with E-state index in [0.29, 0.717) is 24.2 Å². The molecule has 2 aliphatic rings. The molecule has 6 nitrogen and oxygen atoms in total. The monoisotopic (exact) mass is 385 g/mol. The molecule has 7 heteroatoms. The summed E-state index contributed by atoms with van der Waals surface area (Å²) in [5.41, 5.74) is 3.26. The van der Waals surface area contributed by atoms with Gasteiger partial charge >= 0.3 is 5.97 Å². The van der Waals surface area contributed by atoms with Crippen molar-refractivity contribution in [2.24, 2.45) is 5.92 Å². The van der Waals surface area contributed by atoms with E-state index in [1.807, 2.05) is 19.9 Å². The summed E-state index contributed by atoms with van der Waals surface area (Å²) in [7, 11) is 0. The van der Waals surface area contributed by atoms with Crippen LogP contribution in [-0.4, -0.2) is 44.3 Å². The smallest absolute Gasteiger partial charge is 0.308 e. The number of fused-ring (bicyclic) bond motifs is 1. The third kappa shape index (κ3) is 3.08. The molecule has 2 aromatic rings. The summed E-state index contributed by atoms with van der Waals surface area (Å²) >= 11 is 0. The van der Waals surface area contributed by atoms with Crippen molar-refractivity contribution in [3.8, 4) is 5.69 Å². The topological polar surface area (TPSA) is 75.4 Å². The standard InChI is InChI=1S/C21H24FN3O3/c1-12-6-9-18(16(22)10-12)25-17-5-3-4-15(17)19(23-25)20(26)24-11-14(21(27)28)8-7-13(24)2/h6,9-10,13-14H,3-5,7-8,11H2,1-2H3,(H,27,28). The number of aliphatic carboxylic acids is 1. The van der Waals surface area contributed by atoms with Crippen molar-refractivity contribution >= 4 is 11.9 Å². The Morgan fingerprint density at radius 2 is 2.04 bits per heavy atom. The van der Waals surface area contributed by atoms with Crippen LogP contribution in [0.15, 0.2) is 18.2 Å². The average molecular weight is 385 g/mol. The van der Waals surface area contributed by atoms with Gasteiger partial charge in [0.05, 0.1) is 5.92 Å². The lowest BCUT2D eigenvalue weighted by molar-refractivity contribution is -0.143. The number of benzene rings is 1. The minimum Gasteiger partial charge on any atom is -0.481 e. The first kappa shape index (κ1) is 18.7. The molecule has 1 amide bonds. The molecule has 2 heterocycles. The Morgan fingerprint density at radius 1 is 1.25 bits per heavy atom. The maximum atomic E-state index is 14.6. The Kier molecular flexibility index (Phi) is 4.69. The zero-order valence-electron chi connectivity index (χ0n) is 16.1. The number of piperidine rings is 1. The maximum absolute atomic E-state index is 14.6. The molecule has 2 unspecified atom stereocenters. The normalized spacial score (nSPS) is 21.6. The number of carbonyl (C=O) groups is 2. The summed E-state index contributed by atoms with van der Waals surface area (Å²) in [5, 5.41) is 13.9. The van der Waals surface area contributed by atoms with Crippen LogP contribution in [0.3, 0.4) is 0 Å². The van der Waals surface area contributed by atoms with E-state index in [0.717, 1.165) is 36.1 Å². The van der Waals surface area contributed by atoms with Gasteiger partial charge in [0.1, 0.15) is 11.5 Å². The van der Waals surface area contributed by atoms with Crippen molar-refractivity contribution in [3.05, 3.63) is 46.5 Å². The lowest BCUT2D eigenvalue weighted by Gasteiger charge is -2.36. The highest BCUT2D eigenvalue weighted by atomic mass is 19.1. The van der Waals surface area contributed by atoms with Gasteiger partial charge in [-0.25, -0.2) is 9.07 Å². The van der Waals surface area contributed by atoms with Gasteiger partial charge in [-0.15, -0.1) is 0 Å². The molecule has 0 spiro atoms. The Hall–Kier alpha value is -2.70. The second-order valence-electron chi connectivity index (χ2n) is 7.91. The highest BCUT2D eigenvalue weighted by molar-refractivity contribution is 5.95. The molecule has 0 saturated carbocycles. The first-order chi connectivity index (χ1) is 13.4. The molecule has 4 rings (SSSR count). The van der Waals surface area contributed by atoms with Crippen LogP contribution < -0.4 is 0 Å². The summed E-state index contributed by atoms with van der Waals surface area (Å²) in [5.74, 6) is -2.04. The number of nitrogens with zero attached hydrogens (tertiary/aromatic N) is 3. The van der Waals surface area contributed by atoms with Gasteiger partial charge in [-0.1, -0.05) is 6.07 Å². The molecule has 0 bridgehead atoms. The largest absolute Gasteiger partial charge is 0.481 e. The number of likely N-dealkylation sites (tertiary alicyclic amines) is 1. The van der Waals surface area contributed by atoms with Gasteiger partial charge in [-0.05, 0) is 63.6 Å². The van der Waals surface area contributed by atoms with E-state index in [2.05, 4.69) is 5.10 Å². The van der Waals surface area contributed by atoms with E-state index in [-0.39, 0.29) is 24.3 Å². The lowest BCUT2D eigenvalue weighted by Crippen LogP contribution is -2.47. The zero-order chi connectivity index (χ0) is 20.0. The number of carboxylic acids is 1. The quantitative estimate of drug-likeness (QED) is 0.881. The van der Waals surface area contributed by atoms with Gasteiger partial charge in [0, 0.05) is 23.8 Å². The van der Waals surface area contributed by atoms with E-state index < -0.39 is 11.9 Å². The molecule has 1 aliphatic carbocycles. The molecule has 28 heavy (non-hydrogen) atoms. The summed E-state index contributed by atoms with van der Waals surface area (Å²) in [6, 6.07) is 4.94. The van der Waals surface area contributed by atoms with Crippen LogP contribution in [0.2, 0.25) is 0 Å². The maximum Gasteiger partial charge on any atom is 0.308 e. The van der Waals surface area contributed by atoms with Gasteiger partial charge < -0.3 is 10.0 Å². The molecule has 1 saturated heterocycles. The van der Waals surface area contributed by atoms with Crippen LogP contribution in [0.4, 0.5) is 4.39 Å². The molecule has 2 atom stereocenters. The lowest BCUT2D eigenvalue weighted by atomic mass is 9.93. The van der Waals surface area contributed by atoms with E-state index in [9.17, 15) is 19.1 Å². The predicted octanol–water partition coefficient (Wildman–Crippen LogP) is 3.13. The first-order valence-corrected chi connectivity index (χ1v) is 9.78. The number of carbonyl (C=O) groups excluding carboxylic acids is 1. The number of hydrogen-bond acceptors (Lipinski definition) is 3. The summed E-state index contributed by atoms with van der Waals surface area (Å²) in [4.78, 5) is 26.3. The zero-order valence-corrected chi connectivity index (χ0v) is 16.1. The Labute approximate surface area is 163 Å². The highest BCUT2D eigenvalue weighted by Gasteiger charge is 2.36. The molecule has 1 aromatic carbocycles. The predicted molar refractivity (Wildman–Crippen MR) is 101 cm³/mol. The van der Waals surface area contributed by atoms with Gasteiger partial charge in [-0.3, -0.25) is 9.59 Å². The van der Waals surface area contributed by atoms with Gasteiger partial charge in [-0.2, -0.15) is 5.10 Å². The van der Waals surface area contributed by atoms with Crippen LogP contribution in [0, 0.1) is 18.7 Å². The summed E-state index contributed by atoms with van der Waals surface area (Å²) < 4.78 is 16.1. The Morgan fingerprint density at radius 3 is 2.75 bits per heavy atom. The van der Waals surface area contributed by atoms with Crippen molar-refractivity contribution in [3.63, 3.8) is 0 Å². The summed E-state index contributed by atoms with van der Waals surface area (Å²) in [6.45, 7) is 3.95. The Bertz CT molecular complexity index is 953. The fourth-order valence-corrected chi connectivity index (χ4v) is 4.32. The van der Waals surface area contributed by atoms with Crippen LogP contribution in [0.1, 0.15) is 53.5 Å². The number of halogens is 1. The fraction of sp³-hybridized carbons (Fsp3) is 0.476. The molecule has 148 valence electrons. The SMILES string of the molecule is Cc1ccc(-n2nc(C(=O)N3CC(C(=O)O)CCC3C)c3c2CCC3)c(F)c1. The number of hydrogen-bond donors (Lipinski definition) is 1. The van der Waals surface area contributed by atoms with E-state index >= 15 is 0 Å². The molecular formula is C21H24FN3O3. The van der Waals surface area contributed by atoms with Crippen LogP contribution in [-0.2, 0) is 17.6 Å². The number of aromatic nitrogens is 2. The van der Waals surface area contributed by atoms with Crippen LogP contribution >= 0.6 is 0 Å². The third-order valence-corrected chi connectivity index (χ3v) is 5.96. The van der Waals surface area contributed by atoms with E-state index in [4.69, 9.17) is 0 Å². The van der Waals surface area contributed by atoms with E-state index in [1.165, 1.54) is 6.07 Å². The molecule has 1 N–H and O–H groups in total. The molecule has 1 aliphatic heterocycles. The second-order valence-corrected chi connectivity index (χ2v) is 7.91. The van der Waals surface area contributed by atoms with Crippen molar-refractivity contribution < 1.29 is 19.1 Å².